The number of amides is 1. The summed E-state index contributed by atoms with van der Waals surface area (Å²) in [6, 6.07) is 14.3. The number of anilines is 1. The fourth-order valence-electron chi connectivity index (χ4n) is 4.59. The van der Waals surface area contributed by atoms with Crippen molar-refractivity contribution < 1.29 is 19.1 Å². The summed E-state index contributed by atoms with van der Waals surface area (Å²) in [5, 5.41) is 6.04. The lowest BCUT2D eigenvalue weighted by atomic mass is 9.66. The third-order valence-electron chi connectivity index (χ3n) is 5.66. The standard InChI is InChI=1S/C22H16N2O4/c1-11-16(20(26)28-2)22(14-9-5-6-10-15(14)24-21(22)27)17-18(23-11)12-7-3-4-8-13(12)19(17)25/h3-10,23H,1-2H3,(H,24,27). The number of allylic oxidation sites excluding steroid dienone is 1. The molecule has 1 atom stereocenters. The molecule has 2 aromatic rings. The molecule has 138 valence electrons. The second-order valence-electron chi connectivity index (χ2n) is 6.99. The van der Waals surface area contributed by atoms with Gasteiger partial charge >= 0.3 is 5.97 Å². The fraction of sp³-hybridized carbons (Fsp3) is 0.136. The molecule has 5 rings (SSSR count). The van der Waals surface area contributed by atoms with Crippen molar-refractivity contribution in [2.24, 2.45) is 0 Å². The van der Waals surface area contributed by atoms with Gasteiger partial charge in [-0.25, -0.2) is 4.79 Å². The number of fused-ring (bicyclic) bond motifs is 5. The first-order chi connectivity index (χ1) is 13.5. The molecule has 0 bridgehead atoms. The van der Waals surface area contributed by atoms with Crippen LogP contribution in [0.3, 0.4) is 0 Å². The molecule has 0 saturated carbocycles. The number of Topliss-reactive ketones (excluding diaryl/α,β-unsaturated/α-hetero) is 1. The predicted molar refractivity (Wildman–Crippen MR) is 102 cm³/mol. The van der Waals surface area contributed by atoms with Crippen LogP contribution in [-0.4, -0.2) is 24.8 Å². The van der Waals surface area contributed by atoms with Crippen LogP contribution in [0.1, 0.15) is 28.4 Å². The van der Waals surface area contributed by atoms with Crippen LogP contribution >= 0.6 is 0 Å². The van der Waals surface area contributed by atoms with E-state index >= 15 is 0 Å². The van der Waals surface area contributed by atoms with Crippen molar-refractivity contribution in [3.63, 3.8) is 0 Å². The summed E-state index contributed by atoms with van der Waals surface area (Å²) in [5.74, 6) is -1.34. The number of hydrogen-bond donors (Lipinski definition) is 2. The predicted octanol–water partition coefficient (Wildman–Crippen LogP) is 2.53. The molecule has 28 heavy (non-hydrogen) atoms. The molecule has 1 unspecified atom stereocenters. The molecule has 2 aliphatic heterocycles. The van der Waals surface area contributed by atoms with Crippen LogP contribution in [0.4, 0.5) is 5.69 Å². The van der Waals surface area contributed by atoms with E-state index in [4.69, 9.17) is 4.74 Å². The Kier molecular flexibility index (Phi) is 3.19. The average molecular weight is 372 g/mol. The van der Waals surface area contributed by atoms with Crippen molar-refractivity contribution >= 4 is 29.0 Å². The SMILES string of the molecule is COC(=O)C1=C(C)NC2=C(C(=O)c3ccccc32)C12C(=O)Nc1ccccc12. The number of ether oxygens (including phenoxy) is 1. The van der Waals surface area contributed by atoms with Crippen LogP contribution < -0.4 is 10.6 Å². The largest absolute Gasteiger partial charge is 0.466 e. The van der Waals surface area contributed by atoms with Crippen LogP contribution in [0.2, 0.25) is 0 Å². The highest BCUT2D eigenvalue weighted by Gasteiger charge is 2.61. The normalized spacial score (nSPS) is 21.9. The van der Waals surface area contributed by atoms with E-state index in [-0.39, 0.29) is 16.9 Å². The summed E-state index contributed by atoms with van der Waals surface area (Å²) in [7, 11) is 1.27. The van der Waals surface area contributed by atoms with Gasteiger partial charge in [0.05, 0.1) is 18.4 Å². The zero-order chi connectivity index (χ0) is 19.6. The van der Waals surface area contributed by atoms with E-state index in [1.165, 1.54) is 7.11 Å². The highest BCUT2D eigenvalue weighted by Crippen LogP contribution is 2.55. The molecule has 6 nitrogen and oxygen atoms in total. The molecule has 2 N–H and O–H groups in total. The van der Waals surface area contributed by atoms with Gasteiger partial charge in [-0.3, -0.25) is 9.59 Å². The van der Waals surface area contributed by atoms with Crippen LogP contribution in [0, 0.1) is 0 Å². The van der Waals surface area contributed by atoms with Gasteiger partial charge in [0, 0.05) is 33.6 Å². The second-order valence-corrected chi connectivity index (χ2v) is 6.99. The zero-order valence-corrected chi connectivity index (χ0v) is 15.3. The van der Waals surface area contributed by atoms with E-state index in [1.54, 1.807) is 43.3 Å². The minimum Gasteiger partial charge on any atom is -0.466 e. The first-order valence-electron chi connectivity index (χ1n) is 8.88. The first-order valence-corrected chi connectivity index (χ1v) is 8.88. The number of methoxy groups -OCH3 is 1. The Labute approximate surface area is 160 Å². The van der Waals surface area contributed by atoms with Gasteiger partial charge < -0.3 is 15.4 Å². The third kappa shape index (κ3) is 1.74. The van der Waals surface area contributed by atoms with E-state index in [1.807, 2.05) is 12.1 Å². The maximum absolute atomic E-state index is 13.5. The van der Waals surface area contributed by atoms with E-state index in [0.717, 1.165) is 5.56 Å². The van der Waals surface area contributed by atoms with Crippen LogP contribution in [-0.2, 0) is 19.7 Å². The summed E-state index contributed by atoms with van der Waals surface area (Å²) in [6.07, 6.45) is 0. The van der Waals surface area contributed by atoms with Crippen LogP contribution in [0.5, 0.6) is 0 Å². The lowest BCUT2D eigenvalue weighted by molar-refractivity contribution is -0.138. The molecule has 0 fully saturated rings. The number of rotatable bonds is 1. The number of hydrogen-bond acceptors (Lipinski definition) is 5. The van der Waals surface area contributed by atoms with E-state index in [2.05, 4.69) is 10.6 Å². The molecule has 2 heterocycles. The number of carbonyl (C=O) groups excluding carboxylic acids is 3. The van der Waals surface area contributed by atoms with Gasteiger partial charge in [-0.15, -0.1) is 0 Å². The number of carbonyl (C=O) groups is 3. The summed E-state index contributed by atoms with van der Waals surface area (Å²) in [4.78, 5) is 39.7. The van der Waals surface area contributed by atoms with Crippen molar-refractivity contribution in [2.45, 2.75) is 12.3 Å². The Balaban J connectivity index is 1.91. The van der Waals surface area contributed by atoms with Gasteiger partial charge in [0.1, 0.15) is 5.41 Å². The summed E-state index contributed by atoms with van der Waals surface area (Å²) in [6.45, 7) is 1.72. The summed E-state index contributed by atoms with van der Waals surface area (Å²) < 4.78 is 5.02. The molecule has 1 aliphatic carbocycles. The second kappa shape index (κ2) is 5.42. The molecule has 0 aromatic heterocycles. The molecule has 3 aliphatic rings. The minimum atomic E-state index is -1.55. The lowest BCUT2D eigenvalue weighted by Gasteiger charge is -2.36. The Bertz CT molecular complexity index is 1170. The fourth-order valence-corrected chi connectivity index (χ4v) is 4.59. The van der Waals surface area contributed by atoms with Crippen molar-refractivity contribution in [1.82, 2.24) is 5.32 Å². The Morgan fingerprint density at radius 1 is 0.964 bits per heavy atom. The minimum absolute atomic E-state index is 0.136. The van der Waals surface area contributed by atoms with Crippen molar-refractivity contribution in [3.05, 3.63) is 82.1 Å². The molecule has 2 aromatic carbocycles. The molecule has 0 saturated heterocycles. The number of para-hydroxylation sites is 1. The zero-order valence-electron chi connectivity index (χ0n) is 15.3. The monoisotopic (exact) mass is 372 g/mol. The highest BCUT2D eigenvalue weighted by atomic mass is 16.5. The van der Waals surface area contributed by atoms with Crippen LogP contribution in [0.25, 0.3) is 5.70 Å². The molecule has 6 heteroatoms. The number of ketones is 1. The smallest absolute Gasteiger partial charge is 0.337 e. The van der Waals surface area contributed by atoms with Gasteiger partial charge in [0.2, 0.25) is 5.91 Å². The van der Waals surface area contributed by atoms with Gasteiger partial charge in [-0.05, 0) is 13.0 Å². The number of esters is 1. The maximum atomic E-state index is 13.5. The lowest BCUT2D eigenvalue weighted by Crippen LogP contribution is -2.47. The van der Waals surface area contributed by atoms with Crippen LogP contribution in [0.15, 0.2) is 65.4 Å². The Hall–Kier alpha value is -3.67. The average Bonchev–Trinajstić information content (AvgIpc) is 3.15. The summed E-state index contributed by atoms with van der Waals surface area (Å²) >= 11 is 0. The quantitative estimate of drug-likeness (QED) is 0.752. The summed E-state index contributed by atoms with van der Waals surface area (Å²) in [5.41, 5.74) is 2.30. The van der Waals surface area contributed by atoms with Gasteiger partial charge in [-0.1, -0.05) is 42.5 Å². The third-order valence-corrected chi connectivity index (χ3v) is 5.66. The molecule has 0 radical (unpaired) electrons. The van der Waals surface area contributed by atoms with Gasteiger partial charge in [0.25, 0.3) is 0 Å². The molecular weight excluding hydrogens is 356 g/mol. The Morgan fingerprint density at radius 2 is 1.64 bits per heavy atom. The van der Waals surface area contributed by atoms with E-state index in [9.17, 15) is 14.4 Å². The van der Waals surface area contributed by atoms with E-state index in [0.29, 0.717) is 28.2 Å². The Morgan fingerprint density at radius 3 is 2.39 bits per heavy atom. The maximum Gasteiger partial charge on any atom is 0.337 e. The highest BCUT2D eigenvalue weighted by molar-refractivity contribution is 6.31. The number of benzene rings is 2. The van der Waals surface area contributed by atoms with Crippen molar-refractivity contribution in [2.75, 3.05) is 12.4 Å². The first kappa shape index (κ1) is 16.5. The topological polar surface area (TPSA) is 84.5 Å². The van der Waals surface area contributed by atoms with Crippen molar-refractivity contribution in [3.8, 4) is 0 Å². The van der Waals surface area contributed by atoms with Crippen molar-refractivity contribution in [1.29, 1.82) is 0 Å². The van der Waals surface area contributed by atoms with Gasteiger partial charge in [-0.2, -0.15) is 0 Å². The molecule has 1 amide bonds. The molecule has 1 spiro atoms. The van der Waals surface area contributed by atoms with Gasteiger partial charge in [0.15, 0.2) is 5.78 Å². The van der Waals surface area contributed by atoms with E-state index < -0.39 is 17.3 Å². The molecular formula is C22H16N2O4. The number of nitrogens with one attached hydrogen (secondary N) is 2. The number of dihydropyridines is 1.